The van der Waals surface area contributed by atoms with Crippen LogP contribution < -0.4 is 5.32 Å². The average Bonchev–Trinajstić information content (AvgIpc) is 3.15. The second-order valence-corrected chi connectivity index (χ2v) is 5.83. The lowest BCUT2D eigenvalue weighted by molar-refractivity contribution is -0.142. The van der Waals surface area contributed by atoms with Crippen LogP contribution in [0.5, 0.6) is 0 Å². The molecule has 1 heterocycles. The minimum absolute atomic E-state index is 0.0344. The van der Waals surface area contributed by atoms with Crippen LogP contribution >= 0.6 is 0 Å². The molecule has 1 aliphatic carbocycles. The second kappa shape index (κ2) is 6.38. The van der Waals surface area contributed by atoms with Crippen molar-refractivity contribution in [2.45, 2.75) is 32.2 Å². The van der Waals surface area contributed by atoms with E-state index in [0.717, 1.165) is 6.42 Å². The van der Waals surface area contributed by atoms with Crippen molar-refractivity contribution in [2.75, 3.05) is 0 Å². The van der Waals surface area contributed by atoms with E-state index in [1.165, 1.54) is 28.9 Å². The summed E-state index contributed by atoms with van der Waals surface area (Å²) in [6, 6.07) is 5.26. The van der Waals surface area contributed by atoms with E-state index in [9.17, 15) is 14.0 Å². The standard InChI is InChI=1S/C16H17FN4O3/c1-9-18-14(20-21(9)11-7-5-10(17)6-8-11)15(22)19-13-4-2-3-12(13)16(23)24/h5-8,12-13H,2-4H2,1H3,(H,19,22)(H,23,24)/t12-,13+/m0/s1. The normalized spacial score (nSPS) is 20.1. The topological polar surface area (TPSA) is 97.1 Å². The molecule has 0 unspecified atom stereocenters. The van der Waals surface area contributed by atoms with E-state index in [-0.39, 0.29) is 11.6 Å². The predicted octanol–water partition coefficient (Wildman–Crippen LogP) is 1.70. The second-order valence-electron chi connectivity index (χ2n) is 5.83. The lowest BCUT2D eigenvalue weighted by Gasteiger charge is -2.16. The van der Waals surface area contributed by atoms with Gasteiger partial charge in [-0.2, -0.15) is 0 Å². The zero-order valence-electron chi connectivity index (χ0n) is 13.1. The maximum atomic E-state index is 13.0. The van der Waals surface area contributed by atoms with Crippen molar-refractivity contribution >= 4 is 11.9 Å². The summed E-state index contributed by atoms with van der Waals surface area (Å²) in [6.45, 7) is 1.68. The van der Waals surface area contributed by atoms with E-state index < -0.39 is 23.8 Å². The van der Waals surface area contributed by atoms with Crippen LogP contribution in [-0.2, 0) is 4.79 Å². The Bertz CT molecular complexity index is 772. The maximum Gasteiger partial charge on any atom is 0.308 e. The van der Waals surface area contributed by atoms with Gasteiger partial charge in [0.05, 0.1) is 11.6 Å². The van der Waals surface area contributed by atoms with Gasteiger partial charge < -0.3 is 10.4 Å². The van der Waals surface area contributed by atoms with Gasteiger partial charge >= 0.3 is 5.97 Å². The fourth-order valence-corrected chi connectivity index (χ4v) is 2.97. The molecule has 7 nitrogen and oxygen atoms in total. The molecular formula is C16H17FN4O3. The molecule has 1 amide bonds. The number of aromatic nitrogens is 3. The van der Waals surface area contributed by atoms with Crippen molar-refractivity contribution in [1.29, 1.82) is 0 Å². The largest absolute Gasteiger partial charge is 0.481 e. The fourth-order valence-electron chi connectivity index (χ4n) is 2.97. The number of aliphatic carboxylic acids is 1. The Morgan fingerprint density at radius 3 is 2.67 bits per heavy atom. The summed E-state index contributed by atoms with van der Waals surface area (Å²) >= 11 is 0. The number of nitrogens with one attached hydrogen (secondary N) is 1. The number of carbonyl (C=O) groups excluding carboxylic acids is 1. The summed E-state index contributed by atoms with van der Waals surface area (Å²) in [4.78, 5) is 27.6. The minimum atomic E-state index is -0.904. The Hall–Kier alpha value is -2.77. The predicted molar refractivity (Wildman–Crippen MR) is 82.3 cm³/mol. The number of nitrogens with zero attached hydrogens (tertiary/aromatic N) is 3. The number of benzene rings is 1. The van der Waals surface area contributed by atoms with Gasteiger partial charge in [-0.3, -0.25) is 9.59 Å². The molecule has 8 heteroatoms. The van der Waals surface area contributed by atoms with Gasteiger partial charge in [-0.15, -0.1) is 5.10 Å². The molecule has 126 valence electrons. The Labute approximate surface area is 137 Å². The molecule has 0 saturated heterocycles. The number of aryl methyl sites for hydroxylation is 1. The van der Waals surface area contributed by atoms with Crippen LogP contribution in [-0.4, -0.2) is 37.8 Å². The van der Waals surface area contributed by atoms with Gasteiger partial charge in [-0.05, 0) is 44.0 Å². The van der Waals surface area contributed by atoms with Gasteiger partial charge in [-0.1, -0.05) is 6.42 Å². The van der Waals surface area contributed by atoms with Gasteiger partial charge in [0, 0.05) is 6.04 Å². The van der Waals surface area contributed by atoms with Gasteiger partial charge in [0.1, 0.15) is 11.6 Å². The molecule has 2 aromatic rings. The van der Waals surface area contributed by atoms with Gasteiger partial charge in [-0.25, -0.2) is 14.1 Å². The first-order chi connectivity index (χ1) is 11.5. The highest BCUT2D eigenvalue weighted by Gasteiger charge is 2.34. The number of hydrogen-bond donors (Lipinski definition) is 2. The lowest BCUT2D eigenvalue weighted by Crippen LogP contribution is -2.40. The van der Waals surface area contributed by atoms with E-state index in [1.54, 1.807) is 6.92 Å². The Balaban J connectivity index is 1.78. The molecule has 2 atom stereocenters. The number of carboxylic acids is 1. The Kier molecular flexibility index (Phi) is 4.28. The van der Waals surface area contributed by atoms with E-state index in [2.05, 4.69) is 15.4 Å². The van der Waals surface area contributed by atoms with Crippen molar-refractivity contribution in [2.24, 2.45) is 5.92 Å². The molecule has 1 aliphatic rings. The van der Waals surface area contributed by atoms with Crippen LogP contribution in [0.1, 0.15) is 35.7 Å². The molecule has 3 rings (SSSR count). The smallest absolute Gasteiger partial charge is 0.308 e. The van der Waals surface area contributed by atoms with Gasteiger partial charge in [0.25, 0.3) is 5.91 Å². The number of carboxylic acid groups (broad SMARTS) is 1. The van der Waals surface area contributed by atoms with Crippen LogP contribution in [0.2, 0.25) is 0 Å². The molecule has 1 fully saturated rings. The summed E-state index contributed by atoms with van der Waals surface area (Å²) in [7, 11) is 0. The summed E-state index contributed by atoms with van der Waals surface area (Å²) in [5, 5.41) is 16.0. The fraction of sp³-hybridized carbons (Fsp3) is 0.375. The number of carbonyl (C=O) groups is 2. The summed E-state index contributed by atoms with van der Waals surface area (Å²) in [6.07, 6.45) is 1.94. The first-order valence-electron chi connectivity index (χ1n) is 7.69. The Morgan fingerprint density at radius 1 is 1.29 bits per heavy atom. The van der Waals surface area contributed by atoms with Gasteiger partial charge in [0.2, 0.25) is 5.82 Å². The zero-order valence-corrected chi connectivity index (χ0v) is 13.1. The molecule has 24 heavy (non-hydrogen) atoms. The van der Waals surface area contributed by atoms with Crippen molar-refractivity contribution in [1.82, 2.24) is 20.1 Å². The highest BCUT2D eigenvalue weighted by Crippen LogP contribution is 2.26. The van der Waals surface area contributed by atoms with Crippen molar-refractivity contribution in [3.8, 4) is 5.69 Å². The highest BCUT2D eigenvalue weighted by molar-refractivity contribution is 5.91. The summed E-state index contributed by atoms with van der Waals surface area (Å²) in [5.41, 5.74) is 0.588. The molecule has 0 bridgehead atoms. The quantitative estimate of drug-likeness (QED) is 0.888. The van der Waals surface area contributed by atoms with Crippen molar-refractivity contribution < 1.29 is 19.1 Å². The third kappa shape index (κ3) is 3.12. The van der Waals surface area contributed by atoms with E-state index >= 15 is 0 Å². The molecule has 1 saturated carbocycles. The first kappa shape index (κ1) is 16.1. The first-order valence-corrected chi connectivity index (χ1v) is 7.69. The van der Waals surface area contributed by atoms with Crippen LogP contribution in [0.25, 0.3) is 5.69 Å². The summed E-state index contributed by atoms with van der Waals surface area (Å²) in [5.74, 6) is -1.90. The molecule has 1 aromatic carbocycles. The third-order valence-corrected chi connectivity index (χ3v) is 4.19. The number of hydrogen-bond acceptors (Lipinski definition) is 4. The third-order valence-electron chi connectivity index (χ3n) is 4.19. The zero-order chi connectivity index (χ0) is 17.3. The molecule has 2 N–H and O–H groups in total. The van der Waals surface area contributed by atoms with E-state index in [0.29, 0.717) is 24.4 Å². The van der Waals surface area contributed by atoms with Crippen molar-refractivity contribution in [3.63, 3.8) is 0 Å². The van der Waals surface area contributed by atoms with Crippen LogP contribution in [0.4, 0.5) is 4.39 Å². The van der Waals surface area contributed by atoms with E-state index in [1.807, 2.05) is 0 Å². The van der Waals surface area contributed by atoms with Crippen LogP contribution in [0, 0.1) is 18.7 Å². The van der Waals surface area contributed by atoms with Crippen LogP contribution in [0.3, 0.4) is 0 Å². The van der Waals surface area contributed by atoms with E-state index in [4.69, 9.17) is 5.11 Å². The maximum absolute atomic E-state index is 13.0. The summed E-state index contributed by atoms with van der Waals surface area (Å²) < 4.78 is 14.5. The lowest BCUT2D eigenvalue weighted by atomic mass is 10.0. The molecule has 0 radical (unpaired) electrons. The van der Waals surface area contributed by atoms with Crippen molar-refractivity contribution in [3.05, 3.63) is 41.7 Å². The van der Waals surface area contributed by atoms with Crippen LogP contribution in [0.15, 0.2) is 24.3 Å². The molecule has 0 spiro atoms. The van der Waals surface area contributed by atoms with Gasteiger partial charge in [0.15, 0.2) is 0 Å². The number of halogens is 1. The molecule has 1 aromatic heterocycles. The average molecular weight is 332 g/mol. The monoisotopic (exact) mass is 332 g/mol. The number of amides is 1. The molecule has 0 aliphatic heterocycles. The minimum Gasteiger partial charge on any atom is -0.481 e. The molecular weight excluding hydrogens is 315 g/mol. The Morgan fingerprint density at radius 2 is 2.00 bits per heavy atom. The number of rotatable bonds is 4. The SMILES string of the molecule is Cc1nc(C(=O)N[C@@H]2CCC[C@@H]2C(=O)O)nn1-c1ccc(F)cc1. The highest BCUT2D eigenvalue weighted by atomic mass is 19.1.